The molecule has 0 atom stereocenters. The van der Waals surface area contributed by atoms with Gasteiger partial charge in [0.1, 0.15) is 5.82 Å². The van der Waals surface area contributed by atoms with Crippen LogP contribution in [-0.2, 0) is 0 Å². The number of hydrogen-bond donors (Lipinski definition) is 1. The summed E-state index contributed by atoms with van der Waals surface area (Å²) in [6.07, 6.45) is 13.2. The summed E-state index contributed by atoms with van der Waals surface area (Å²) in [5, 5.41) is 8.84. The molecule has 0 amide bonds. The van der Waals surface area contributed by atoms with E-state index in [1.54, 1.807) is 0 Å². The largest absolute Gasteiger partial charge is 0.478 e. The van der Waals surface area contributed by atoms with E-state index in [0.29, 0.717) is 5.92 Å². The molecule has 1 aliphatic rings. The van der Waals surface area contributed by atoms with E-state index >= 15 is 0 Å². The number of aromatic nitrogens is 2. The van der Waals surface area contributed by atoms with E-state index < -0.39 is 5.97 Å². The van der Waals surface area contributed by atoms with E-state index in [-0.39, 0.29) is 5.56 Å². The second kappa shape index (κ2) is 7.17. The molecule has 0 aromatic carbocycles. The van der Waals surface area contributed by atoms with Gasteiger partial charge in [-0.1, -0.05) is 12.5 Å². The Labute approximate surface area is 120 Å². The molecule has 1 aliphatic carbocycles. The van der Waals surface area contributed by atoms with Crippen LogP contribution in [0.3, 0.4) is 0 Å². The molecule has 1 saturated carbocycles. The molecule has 0 unspecified atom stereocenters. The maximum Gasteiger partial charge on any atom is 0.338 e. The van der Waals surface area contributed by atoms with E-state index in [9.17, 15) is 4.79 Å². The lowest BCUT2D eigenvalue weighted by Crippen LogP contribution is -2.15. The van der Waals surface area contributed by atoms with Crippen molar-refractivity contribution in [3.05, 3.63) is 36.4 Å². The van der Waals surface area contributed by atoms with Crippen molar-refractivity contribution in [2.24, 2.45) is 5.92 Å². The van der Waals surface area contributed by atoms with Crippen LogP contribution in [0.1, 0.15) is 67.0 Å². The first-order valence-corrected chi connectivity index (χ1v) is 7.37. The number of carboxylic acids is 1. The third kappa shape index (κ3) is 3.89. The summed E-state index contributed by atoms with van der Waals surface area (Å²) in [5.74, 6) is 1.06. The Kier molecular flexibility index (Phi) is 5.27. The first-order chi connectivity index (χ1) is 9.70. The number of carboxylic acid groups (broad SMARTS) is 1. The number of allylic oxidation sites excluding steroid dienone is 1. The van der Waals surface area contributed by atoms with Gasteiger partial charge in [-0.25, -0.2) is 14.8 Å². The van der Waals surface area contributed by atoms with Gasteiger partial charge in [-0.15, -0.1) is 6.58 Å². The average molecular weight is 274 g/mol. The van der Waals surface area contributed by atoms with Gasteiger partial charge in [-0.3, -0.25) is 0 Å². The molecule has 1 aromatic rings. The van der Waals surface area contributed by atoms with Crippen molar-refractivity contribution in [1.82, 2.24) is 9.97 Å². The molecular formula is C16H22N2O2. The lowest BCUT2D eigenvalue weighted by atomic mass is 9.79. The molecule has 4 heteroatoms. The van der Waals surface area contributed by atoms with Crippen molar-refractivity contribution < 1.29 is 9.90 Å². The van der Waals surface area contributed by atoms with Crippen molar-refractivity contribution in [2.45, 2.75) is 50.9 Å². The van der Waals surface area contributed by atoms with Crippen LogP contribution in [0.5, 0.6) is 0 Å². The Morgan fingerprint density at radius 1 is 1.30 bits per heavy atom. The van der Waals surface area contributed by atoms with E-state index in [1.165, 1.54) is 38.1 Å². The van der Waals surface area contributed by atoms with Gasteiger partial charge in [0.2, 0.25) is 0 Å². The van der Waals surface area contributed by atoms with Crippen molar-refractivity contribution in [3.8, 4) is 0 Å². The zero-order chi connectivity index (χ0) is 14.4. The summed E-state index contributed by atoms with van der Waals surface area (Å²) >= 11 is 0. The Bertz CT molecular complexity index is 448. The van der Waals surface area contributed by atoms with Gasteiger partial charge in [0.25, 0.3) is 0 Å². The number of unbranched alkanes of at least 4 members (excludes halogenated alkanes) is 1. The number of nitrogens with zero attached hydrogens (tertiary/aromatic N) is 2. The normalized spacial score (nSPS) is 22.4. The lowest BCUT2D eigenvalue weighted by Gasteiger charge is -2.27. The van der Waals surface area contributed by atoms with Gasteiger partial charge in [0.05, 0.1) is 5.56 Å². The van der Waals surface area contributed by atoms with Crippen LogP contribution in [0.4, 0.5) is 0 Å². The number of hydrogen-bond acceptors (Lipinski definition) is 3. The molecule has 0 aliphatic heterocycles. The fourth-order valence-electron chi connectivity index (χ4n) is 2.92. The van der Waals surface area contributed by atoms with Crippen LogP contribution >= 0.6 is 0 Å². The minimum atomic E-state index is -0.970. The SMILES string of the molecule is C=CCCCC1CCC(c2ncc(C(=O)O)cn2)CC1. The highest BCUT2D eigenvalue weighted by Crippen LogP contribution is 2.36. The van der Waals surface area contributed by atoms with E-state index in [2.05, 4.69) is 16.5 Å². The monoisotopic (exact) mass is 274 g/mol. The number of aromatic carboxylic acids is 1. The van der Waals surface area contributed by atoms with Crippen LogP contribution in [0.15, 0.2) is 25.0 Å². The maximum atomic E-state index is 10.8. The van der Waals surface area contributed by atoms with Crippen LogP contribution in [0.25, 0.3) is 0 Å². The standard InChI is InChI=1S/C16H22N2O2/c1-2-3-4-5-12-6-8-13(9-7-12)15-17-10-14(11-18-15)16(19)20/h2,10-13H,1,3-9H2,(H,19,20). The van der Waals surface area contributed by atoms with Crippen molar-refractivity contribution in [3.63, 3.8) is 0 Å². The van der Waals surface area contributed by atoms with Gasteiger partial charge in [-0.2, -0.15) is 0 Å². The molecule has 1 aromatic heterocycles. The average Bonchev–Trinajstić information content (AvgIpc) is 2.48. The quantitative estimate of drug-likeness (QED) is 0.633. The first kappa shape index (κ1) is 14.7. The van der Waals surface area contributed by atoms with Crippen LogP contribution in [-0.4, -0.2) is 21.0 Å². The van der Waals surface area contributed by atoms with Crippen molar-refractivity contribution in [1.29, 1.82) is 0 Å². The zero-order valence-corrected chi connectivity index (χ0v) is 11.8. The summed E-state index contributed by atoms with van der Waals surface area (Å²) in [7, 11) is 0. The highest BCUT2D eigenvalue weighted by atomic mass is 16.4. The second-order valence-electron chi connectivity index (χ2n) is 5.57. The van der Waals surface area contributed by atoms with Gasteiger partial charge >= 0.3 is 5.97 Å². The first-order valence-electron chi connectivity index (χ1n) is 7.37. The summed E-state index contributed by atoms with van der Waals surface area (Å²) in [4.78, 5) is 19.2. The topological polar surface area (TPSA) is 63.1 Å². The molecule has 20 heavy (non-hydrogen) atoms. The fraction of sp³-hybridized carbons (Fsp3) is 0.562. The second-order valence-corrected chi connectivity index (χ2v) is 5.57. The van der Waals surface area contributed by atoms with Crippen molar-refractivity contribution >= 4 is 5.97 Å². The van der Waals surface area contributed by atoms with Crippen LogP contribution in [0, 0.1) is 5.92 Å². The summed E-state index contributed by atoms with van der Waals surface area (Å²) < 4.78 is 0. The smallest absolute Gasteiger partial charge is 0.338 e. The van der Waals surface area contributed by atoms with Crippen LogP contribution < -0.4 is 0 Å². The molecule has 108 valence electrons. The zero-order valence-electron chi connectivity index (χ0n) is 11.8. The molecular weight excluding hydrogens is 252 g/mol. The summed E-state index contributed by atoms with van der Waals surface area (Å²) in [6.45, 7) is 3.76. The van der Waals surface area contributed by atoms with Gasteiger partial charge in [0.15, 0.2) is 0 Å². The maximum absolute atomic E-state index is 10.8. The Morgan fingerprint density at radius 2 is 1.95 bits per heavy atom. The predicted octanol–water partition coefficient (Wildman–Crippen LogP) is 3.80. The molecule has 0 radical (unpaired) electrons. The summed E-state index contributed by atoms with van der Waals surface area (Å²) in [6, 6.07) is 0. The minimum absolute atomic E-state index is 0.159. The predicted molar refractivity (Wildman–Crippen MR) is 77.7 cm³/mol. The van der Waals surface area contributed by atoms with E-state index in [0.717, 1.165) is 31.0 Å². The van der Waals surface area contributed by atoms with E-state index in [4.69, 9.17) is 5.11 Å². The Morgan fingerprint density at radius 3 is 2.50 bits per heavy atom. The third-order valence-electron chi connectivity index (χ3n) is 4.15. The number of carbonyl (C=O) groups is 1. The molecule has 1 N–H and O–H groups in total. The van der Waals surface area contributed by atoms with Crippen molar-refractivity contribution in [2.75, 3.05) is 0 Å². The highest BCUT2D eigenvalue weighted by molar-refractivity contribution is 5.86. The molecule has 0 saturated heterocycles. The molecule has 2 rings (SSSR count). The highest BCUT2D eigenvalue weighted by Gasteiger charge is 2.23. The molecule has 1 heterocycles. The number of rotatable bonds is 6. The Hall–Kier alpha value is -1.71. The lowest BCUT2D eigenvalue weighted by molar-refractivity contribution is 0.0696. The molecule has 0 bridgehead atoms. The fourth-order valence-corrected chi connectivity index (χ4v) is 2.92. The van der Waals surface area contributed by atoms with Gasteiger partial charge in [0, 0.05) is 18.3 Å². The Balaban J connectivity index is 1.84. The van der Waals surface area contributed by atoms with Gasteiger partial charge < -0.3 is 5.11 Å². The molecule has 1 fully saturated rings. The summed E-state index contributed by atoms with van der Waals surface area (Å²) in [5.41, 5.74) is 0.159. The minimum Gasteiger partial charge on any atom is -0.478 e. The van der Waals surface area contributed by atoms with E-state index in [1.807, 2.05) is 6.08 Å². The van der Waals surface area contributed by atoms with Crippen LogP contribution in [0.2, 0.25) is 0 Å². The van der Waals surface area contributed by atoms with Gasteiger partial charge in [-0.05, 0) is 44.4 Å². The third-order valence-corrected chi connectivity index (χ3v) is 4.15. The molecule has 4 nitrogen and oxygen atoms in total. The molecule has 0 spiro atoms.